The Bertz CT molecular complexity index is 799. The summed E-state index contributed by atoms with van der Waals surface area (Å²) in [5.41, 5.74) is 6.12. The van der Waals surface area contributed by atoms with Crippen LogP contribution in [0.15, 0.2) is 9.59 Å². The third-order valence-corrected chi connectivity index (χ3v) is 4.31. The number of imidazole rings is 1. The van der Waals surface area contributed by atoms with Gasteiger partial charge in [-0.25, -0.2) is 9.78 Å². The number of hydrogen-bond acceptors (Lipinski definition) is 4. The number of nitrogens with two attached hydrogens (primary N) is 1. The van der Waals surface area contributed by atoms with Gasteiger partial charge in [-0.1, -0.05) is 6.92 Å². The van der Waals surface area contributed by atoms with Crippen molar-refractivity contribution in [3.8, 4) is 0 Å². The zero-order valence-electron chi connectivity index (χ0n) is 14.0. The van der Waals surface area contributed by atoms with Crippen LogP contribution in [-0.4, -0.2) is 25.2 Å². The Hall–Kier alpha value is -1.89. The normalized spacial score (nSPS) is 14.5. The first kappa shape index (κ1) is 16.5. The third-order valence-electron chi connectivity index (χ3n) is 4.31. The van der Waals surface area contributed by atoms with E-state index in [2.05, 4.69) is 4.98 Å². The Balaban J connectivity index is 3.04. The van der Waals surface area contributed by atoms with Crippen LogP contribution in [0.4, 0.5) is 0 Å². The Kier molecular flexibility index (Phi) is 4.55. The lowest BCUT2D eigenvalue weighted by Gasteiger charge is -2.17. The first-order valence-electron chi connectivity index (χ1n) is 7.82. The quantitative estimate of drug-likeness (QED) is 0.898. The monoisotopic (exact) mass is 307 g/mol. The van der Waals surface area contributed by atoms with Crippen molar-refractivity contribution in [3.05, 3.63) is 26.7 Å². The van der Waals surface area contributed by atoms with E-state index in [-0.39, 0.29) is 23.3 Å². The SMILES string of the molecule is CCC(C)n1c(=O)n(CC)c(=O)c2c1nc(C)n2C(C)CN. The minimum absolute atomic E-state index is 0.0238. The van der Waals surface area contributed by atoms with Crippen molar-refractivity contribution in [1.29, 1.82) is 0 Å². The molecule has 0 fully saturated rings. The van der Waals surface area contributed by atoms with Crippen LogP contribution < -0.4 is 17.0 Å². The van der Waals surface area contributed by atoms with E-state index in [1.54, 1.807) is 11.5 Å². The highest BCUT2D eigenvalue weighted by Crippen LogP contribution is 2.20. The lowest BCUT2D eigenvalue weighted by molar-refractivity contribution is 0.487. The fourth-order valence-electron chi connectivity index (χ4n) is 2.84. The van der Waals surface area contributed by atoms with E-state index in [9.17, 15) is 9.59 Å². The van der Waals surface area contributed by atoms with Crippen LogP contribution in [-0.2, 0) is 6.54 Å². The average Bonchev–Trinajstić information content (AvgIpc) is 2.83. The van der Waals surface area contributed by atoms with Crippen LogP contribution in [0.5, 0.6) is 0 Å². The second-order valence-electron chi connectivity index (χ2n) is 5.75. The molecule has 2 rings (SSSR count). The molecule has 22 heavy (non-hydrogen) atoms. The van der Waals surface area contributed by atoms with Gasteiger partial charge in [0.1, 0.15) is 5.82 Å². The van der Waals surface area contributed by atoms with E-state index in [1.807, 2.05) is 32.3 Å². The minimum atomic E-state index is -0.292. The summed E-state index contributed by atoms with van der Waals surface area (Å²) in [6.07, 6.45) is 0.787. The third kappa shape index (κ3) is 2.29. The van der Waals surface area contributed by atoms with Gasteiger partial charge in [-0.3, -0.25) is 13.9 Å². The molecule has 0 aliphatic rings. The van der Waals surface area contributed by atoms with Crippen molar-refractivity contribution in [3.63, 3.8) is 0 Å². The number of nitrogens with zero attached hydrogens (tertiary/aromatic N) is 4. The zero-order chi connectivity index (χ0) is 16.6. The Morgan fingerprint density at radius 1 is 1.14 bits per heavy atom. The highest BCUT2D eigenvalue weighted by Gasteiger charge is 2.23. The number of aromatic nitrogens is 4. The molecule has 2 atom stereocenters. The largest absolute Gasteiger partial charge is 0.332 e. The van der Waals surface area contributed by atoms with Gasteiger partial charge in [0.05, 0.1) is 0 Å². The second-order valence-corrected chi connectivity index (χ2v) is 5.75. The highest BCUT2D eigenvalue weighted by atomic mass is 16.2. The molecule has 0 spiro atoms. The molecular weight excluding hydrogens is 282 g/mol. The van der Waals surface area contributed by atoms with Gasteiger partial charge >= 0.3 is 5.69 Å². The summed E-state index contributed by atoms with van der Waals surface area (Å²) in [5, 5.41) is 0. The van der Waals surface area contributed by atoms with Crippen molar-refractivity contribution < 1.29 is 0 Å². The second kappa shape index (κ2) is 6.08. The van der Waals surface area contributed by atoms with E-state index in [0.717, 1.165) is 6.42 Å². The van der Waals surface area contributed by atoms with Gasteiger partial charge in [0, 0.05) is 25.2 Å². The summed E-state index contributed by atoms with van der Waals surface area (Å²) in [7, 11) is 0. The number of aryl methyl sites for hydroxylation is 1. The van der Waals surface area contributed by atoms with E-state index in [1.165, 1.54) is 4.57 Å². The van der Waals surface area contributed by atoms with Gasteiger partial charge in [-0.2, -0.15) is 0 Å². The fourth-order valence-corrected chi connectivity index (χ4v) is 2.84. The molecule has 2 unspecified atom stereocenters. The van der Waals surface area contributed by atoms with Gasteiger partial charge in [0.25, 0.3) is 5.56 Å². The first-order chi connectivity index (χ1) is 10.4. The number of rotatable bonds is 5. The van der Waals surface area contributed by atoms with Gasteiger partial charge < -0.3 is 10.3 Å². The van der Waals surface area contributed by atoms with Crippen LogP contribution in [0, 0.1) is 6.92 Å². The predicted octanol–water partition coefficient (Wildman–Crippen LogP) is 1.18. The Morgan fingerprint density at radius 2 is 1.77 bits per heavy atom. The van der Waals surface area contributed by atoms with Gasteiger partial charge in [-0.05, 0) is 34.1 Å². The van der Waals surface area contributed by atoms with Gasteiger partial charge in [-0.15, -0.1) is 0 Å². The predicted molar refractivity (Wildman–Crippen MR) is 87.4 cm³/mol. The minimum Gasteiger partial charge on any atom is -0.328 e. The van der Waals surface area contributed by atoms with E-state index >= 15 is 0 Å². The van der Waals surface area contributed by atoms with Crippen molar-refractivity contribution in [1.82, 2.24) is 18.7 Å². The average molecular weight is 307 g/mol. The topological polar surface area (TPSA) is 87.8 Å². The molecule has 2 aromatic rings. The molecule has 7 nitrogen and oxygen atoms in total. The molecule has 0 amide bonds. The Morgan fingerprint density at radius 3 is 2.27 bits per heavy atom. The van der Waals surface area contributed by atoms with E-state index < -0.39 is 0 Å². The maximum Gasteiger partial charge on any atom is 0.332 e. The number of fused-ring (bicyclic) bond motifs is 1. The molecule has 0 aromatic carbocycles. The molecule has 2 N–H and O–H groups in total. The smallest absolute Gasteiger partial charge is 0.328 e. The zero-order valence-corrected chi connectivity index (χ0v) is 14.0. The molecule has 122 valence electrons. The first-order valence-corrected chi connectivity index (χ1v) is 7.82. The van der Waals surface area contributed by atoms with Crippen LogP contribution in [0.1, 0.15) is 52.0 Å². The lowest BCUT2D eigenvalue weighted by atomic mass is 10.2. The van der Waals surface area contributed by atoms with Crippen LogP contribution in [0.2, 0.25) is 0 Å². The van der Waals surface area contributed by atoms with E-state index in [4.69, 9.17) is 5.73 Å². The molecule has 2 aromatic heterocycles. The summed E-state index contributed by atoms with van der Waals surface area (Å²) in [5.74, 6) is 0.704. The molecule has 0 saturated carbocycles. The van der Waals surface area contributed by atoms with E-state index in [0.29, 0.717) is 30.1 Å². The van der Waals surface area contributed by atoms with Crippen LogP contribution >= 0.6 is 0 Å². The molecular formula is C15H25N5O2. The maximum atomic E-state index is 12.7. The lowest BCUT2D eigenvalue weighted by Crippen LogP contribution is -2.41. The van der Waals surface area contributed by atoms with Crippen LogP contribution in [0.3, 0.4) is 0 Å². The van der Waals surface area contributed by atoms with Crippen LogP contribution in [0.25, 0.3) is 11.2 Å². The molecule has 0 radical (unpaired) electrons. The van der Waals surface area contributed by atoms with Crippen molar-refractivity contribution >= 4 is 11.2 Å². The highest BCUT2D eigenvalue weighted by molar-refractivity contribution is 5.71. The molecule has 2 heterocycles. The fraction of sp³-hybridized carbons (Fsp3) is 0.667. The number of hydrogen-bond donors (Lipinski definition) is 1. The summed E-state index contributed by atoms with van der Waals surface area (Å²) in [6, 6.07) is -0.0739. The molecule has 0 aliphatic heterocycles. The van der Waals surface area contributed by atoms with Crippen molar-refractivity contribution in [2.24, 2.45) is 5.73 Å². The standard InChI is InChI=1S/C15H25N5O2/c1-6-9(3)20-13-12(14(21)18(7-2)15(20)22)19(10(4)8-16)11(5)17-13/h9-10H,6-8,16H2,1-5H3. The summed E-state index contributed by atoms with van der Waals surface area (Å²) in [6.45, 7) is 10.3. The van der Waals surface area contributed by atoms with Gasteiger partial charge in [0.2, 0.25) is 0 Å². The molecule has 0 saturated heterocycles. The van der Waals surface area contributed by atoms with Gasteiger partial charge in [0.15, 0.2) is 11.2 Å². The molecule has 0 aliphatic carbocycles. The summed E-state index contributed by atoms with van der Waals surface area (Å²) in [4.78, 5) is 29.9. The Labute approximate surface area is 129 Å². The summed E-state index contributed by atoms with van der Waals surface area (Å²) >= 11 is 0. The van der Waals surface area contributed by atoms with Crippen molar-refractivity contribution in [2.75, 3.05) is 6.54 Å². The molecule has 0 bridgehead atoms. The maximum absolute atomic E-state index is 12.7. The summed E-state index contributed by atoms with van der Waals surface area (Å²) < 4.78 is 4.75. The van der Waals surface area contributed by atoms with Crippen molar-refractivity contribution in [2.45, 2.75) is 59.7 Å². The molecule has 7 heteroatoms.